The normalized spacial score (nSPS) is 14.6. The predicted octanol–water partition coefficient (Wildman–Crippen LogP) is 23.8. The number of nitrogens with one attached hydrogen (secondary N) is 3. The van der Waals surface area contributed by atoms with E-state index in [1.807, 2.05) is 0 Å². The van der Waals surface area contributed by atoms with Crippen molar-refractivity contribution in [1.82, 2.24) is 30.0 Å². The lowest BCUT2D eigenvalue weighted by Crippen LogP contribution is -2.36. The molecule has 0 fully saturated rings. The van der Waals surface area contributed by atoms with Gasteiger partial charge in [-0.25, -0.2) is 4.44 Å². The van der Waals surface area contributed by atoms with E-state index in [1.54, 1.807) is 0 Å². The third-order valence-corrected chi connectivity index (χ3v) is 28.5. The first-order valence-electron chi connectivity index (χ1n) is 40.3. The Balaban J connectivity index is 0.896. The van der Waals surface area contributed by atoms with Crippen LogP contribution >= 0.6 is 16.3 Å². The van der Waals surface area contributed by atoms with Gasteiger partial charge in [-0.15, -0.1) is 0 Å². The molecule has 3 N–H and O–H groups in total. The van der Waals surface area contributed by atoms with E-state index < -0.39 is 16.3 Å². The zero-order chi connectivity index (χ0) is 74.6. The fourth-order valence-electron chi connectivity index (χ4n) is 15.8. The van der Waals surface area contributed by atoms with Crippen LogP contribution in [0.2, 0.25) is 0 Å². The zero-order valence-corrected chi connectivity index (χ0v) is 68.0. The number of benzene rings is 10. The second kappa shape index (κ2) is 42.5. The lowest BCUT2D eigenvalue weighted by Gasteiger charge is -2.41. The Bertz CT molecular complexity index is 3970. The largest absolute Gasteiger partial charge is 0.300 e. The van der Waals surface area contributed by atoms with Crippen molar-refractivity contribution in [3.8, 4) is 0 Å². The number of hydrogen-bond donors (Lipinski definition) is 3. The van der Waals surface area contributed by atoms with Gasteiger partial charge in [0.2, 0.25) is 0 Å². The molecular formula is C98H126N6P2. The molecule has 8 heteroatoms. The Morgan fingerprint density at radius 1 is 0.264 bits per heavy atom. The maximum absolute atomic E-state index is 4.23. The topological polar surface area (TPSA) is 45.8 Å². The van der Waals surface area contributed by atoms with E-state index >= 15 is 0 Å². The van der Waals surface area contributed by atoms with Crippen LogP contribution in [-0.2, 0) is 19.6 Å². The van der Waals surface area contributed by atoms with Crippen LogP contribution in [0.15, 0.2) is 279 Å². The third-order valence-electron chi connectivity index (χ3n) is 22.9. The van der Waals surface area contributed by atoms with Gasteiger partial charge in [0.25, 0.3) is 0 Å². The van der Waals surface area contributed by atoms with Crippen LogP contribution in [-0.4, -0.2) is 59.8 Å². The molecule has 0 bridgehead atoms. The summed E-state index contributed by atoms with van der Waals surface area (Å²) in [5.74, 6) is 3.23. The summed E-state index contributed by atoms with van der Waals surface area (Å²) in [6.07, 6.45) is 11.0. The van der Waals surface area contributed by atoms with Crippen LogP contribution in [0.5, 0.6) is 0 Å². The highest BCUT2D eigenvalue weighted by Crippen LogP contribution is 2.55. The predicted molar refractivity (Wildman–Crippen MR) is 461 cm³/mol. The lowest BCUT2D eigenvalue weighted by atomic mass is 9.73. The van der Waals surface area contributed by atoms with Gasteiger partial charge in [0.05, 0.1) is 8.22 Å². The van der Waals surface area contributed by atoms with Gasteiger partial charge in [-0.1, -0.05) is 307 Å². The summed E-state index contributed by atoms with van der Waals surface area (Å²) in [5.41, 5.74) is 15.7. The van der Waals surface area contributed by atoms with Crippen molar-refractivity contribution in [3.05, 3.63) is 340 Å². The lowest BCUT2D eigenvalue weighted by molar-refractivity contribution is 0.252. The van der Waals surface area contributed by atoms with Crippen LogP contribution < -0.4 is 31.6 Å². The first-order valence-corrected chi connectivity index (χ1v) is 42.9. The molecule has 10 aromatic carbocycles. The molecular weight excluding hydrogens is 1320 g/mol. The molecule has 0 aliphatic carbocycles. The highest BCUT2D eigenvalue weighted by Gasteiger charge is 2.34. The summed E-state index contributed by atoms with van der Waals surface area (Å²) in [6, 6.07) is 109. The molecule has 558 valence electrons. The van der Waals surface area contributed by atoms with E-state index in [1.165, 1.54) is 77.1 Å². The van der Waals surface area contributed by atoms with Crippen molar-refractivity contribution in [2.45, 2.75) is 219 Å². The molecule has 0 heterocycles. The maximum atomic E-state index is 4.23. The summed E-state index contributed by atoms with van der Waals surface area (Å²) >= 11 is 0. The molecule has 10 rings (SSSR count). The highest BCUT2D eigenvalue weighted by molar-refractivity contribution is 7.81. The molecule has 0 aliphatic rings. The van der Waals surface area contributed by atoms with Crippen LogP contribution in [0.25, 0.3) is 0 Å². The second-order valence-electron chi connectivity index (χ2n) is 31.0. The molecule has 0 amide bonds. The van der Waals surface area contributed by atoms with E-state index in [9.17, 15) is 0 Å². The summed E-state index contributed by atoms with van der Waals surface area (Å²) in [4.78, 5) is 4.71. The van der Waals surface area contributed by atoms with Gasteiger partial charge in [0.15, 0.2) is 0 Å². The first kappa shape index (κ1) is 81.3. The Hall–Kier alpha value is -7.18. The molecule has 10 aromatic rings. The molecule has 0 aromatic heterocycles. The smallest absolute Gasteiger partial charge is 0.0744 e. The number of hydrogen-bond acceptors (Lipinski definition) is 6. The van der Waals surface area contributed by atoms with Gasteiger partial charge in [-0.05, 0) is 239 Å². The van der Waals surface area contributed by atoms with E-state index in [4.69, 9.17) is 0 Å². The van der Waals surface area contributed by atoms with Gasteiger partial charge >= 0.3 is 0 Å². The Morgan fingerprint density at radius 2 is 0.500 bits per heavy atom. The zero-order valence-electron chi connectivity index (χ0n) is 66.3. The molecule has 0 saturated carbocycles. The average Bonchev–Trinajstić information content (AvgIpc) is 0.789. The summed E-state index contributed by atoms with van der Waals surface area (Å²) in [7, 11) is 2.61. The summed E-state index contributed by atoms with van der Waals surface area (Å²) in [5, 5.41) is 15.7. The van der Waals surface area contributed by atoms with Crippen molar-refractivity contribution in [2.75, 3.05) is 27.4 Å². The molecule has 0 aliphatic heterocycles. The average molecular weight is 1450 g/mol. The van der Waals surface area contributed by atoms with Crippen molar-refractivity contribution in [2.24, 2.45) is 0 Å². The molecule has 0 radical (unpaired) electrons. The third kappa shape index (κ3) is 23.7. The van der Waals surface area contributed by atoms with E-state index in [0.717, 1.165) is 97.2 Å². The fraction of sp³-hybridized carbons (Fsp3) is 0.388. The van der Waals surface area contributed by atoms with Gasteiger partial charge in [-0.2, -0.15) is 0 Å². The second-order valence-corrected chi connectivity index (χ2v) is 35.3. The molecule has 0 saturated heterocycles. The molecule has 9 atom stereocenters. The summed E-state index contributed by atoms with van der Waals surface area (Å²) < 4.78 is 2.80. The minimum absolute atomic E-state index is 0.289. The van der Waals surface area contributed by atoms with E-state index in [-0.39, 0.29) is 6.04 Å². The molecule has 0 spiro atoms. The van der Waals surface area contributed by atoms with Gasteiger partial charge < -0.3 is 10.6 Å². The van der Waals surface area contributed by atoms with Gasteiger partial charge in [-0.3, -0.25) is 14.9 Å². The van der Waals surface area contributed by atoms with Crippen LogP contribution in [0.4, 0.5) is 0 Å². The van der Waals surface area contributed by atoms with Crippen molar-refractivity contribution < 1.29 is 0 Å². The van der Waals surface area contributed by atoms with E-state index in [2.05, 4.69) is 392 Å². The van der Waals surface area contributed by atoms with Crippen LogP contribution in [0.3, 0.4) is 0 Å². The Morgan fingerprint density at radius 3 is 0.783 bits per heavy atom. The Labute approximate surface area is 644 Å². The number of nitrogens with zero attached hydrogens (tertiary/aromatic N) is 3. The molecule has 6 nitrogen and oxygen atoms in total. The maximum Gasteiger partial charge on any atom is 0.0744 e. The highest BCUT2D eigenvalue weighted by atomic mass is 31.2. The van der Waals surface area contributed by atoms with E-state index in [0.29, 0.717) is 59.4 Å². The van der Waals surface area contributed by atoms with Gasteiger partial charge in [0.1, 0.15) is 0 Å². The van der Waals surface area contributed by atoms with Gasteiger partial charge in [0, 0.05) is 64.5 Å². The van der Waals surface area contributed by atoms with Crippen LogP contribution in [0, 0.1) is 0 Å². The molecule has 106 heavy (non-hydrogen) atoms. The SMILES string of the molecule is CCC(CC(CC(CC(CC)c1ccc(CNCN(C)C(C)C)cc1)c1ccc(CNCN(C)C(C)C)cc1)c1ccccc1)c1ccc(C(CC)CC(CC(CC(CC)c2ccccc2)c2ccc(CNP(c3ccccc3)N(C(C)C)P(c3ccccc3)c3ccccc3)cc2)c2ccccc2)cc1. The minimum Gasteiger partial charge on any atom is -0.300 e. The number of rotatable bonds is 43. The van der Waals surface area contributed by atoms with Crippen molar-refractivity contribution in [3.63, 3.8) is 0 Å². The minimum atomic E-state index is -0.936. The quantitative estimate of drug-likeness (QED) is 0.0262. The van der Waals surface area contributed by atoms with Crippen molar-refractivity contribution >= 4 is 32.2 Å². The molecule has 9 unspecified atom stereocenters. The fourth-order valence-corrected chi connectivity index (χ4v) is 21.6. The summed E-state index contributed by atoms with van der Waals surface area (Å²) in [6.45, 7) is 27.7. The van der Waals surface area contributed by atoms with Crippen molar-refractivity contribution in [1.29, 1.82) is 0 Å². The van der Waals surface area contributed by atoms with Crippen LogP contribution in [0.1, 0.15) is 242 Å². The first-order chi connectivity index (χ1) is 51.7. The Kier molecular flexibility index (Phi) is 32.6. The monoisotopic (exact) mass is 1450 g/mol. The standard InChI is InChI=1S/C98H126N6P2/c1-13-80(84-35-23-17-24-36-84)63-94(91-57-51-79(52-58-91)71-101-106(98-45-33-22-34-46-98)104(76(9)10)105(96-41-29-20-30-42-96)97-43-31-21-32-44-97)67-92(85-37-25-18-26-38-85)64-82(15-3)88-59-61-89(62-60-88)83(16-4)65-93(86-39-27-19-28-40-86)68-95(90-55-49-78(50-56-90)70-100-73-103(12)75(7)8)66-81(14-2)87-53-47-77(48-54-87)69-99-72-102(11)74(5)6/h17-62,74-76,80-83,92-95,99-101H,13-16,63-73H2,1-12H3.